The van der Waals surface area contributed by atoms with Gasteiger partial charge in [0.1, 0.15) is 11.5 Å². The van der Waals surface area contributed by atoms with Crippen LogP contribution < -0.4 is 10.5 Å². The number of phenols is 1. The average Bonchev–Trinajstić information content (AvgIpc) is 2.22. The van der Waals surface area contributed by atoms with Gasteiger partial charge in [-0.3, -0.25) is 0 Å². The molecule has 1 aromatic carbocycles. The molecule has 0 aliphatic rings. The molecule has 1 atom stereocenters. The van der Waals surface area contributed by atoms with Gasteiger partial charge in [0, 0.05) is 11.1 Å². The highest BCUT2D eigenvalue weighted by Gasteiger charge is 2.15. The number of hydrogen-bond donors (Lipinski definition) is 3. The van der Waals surface area contributed by atoms with Crippen LogP contribution in [0, 0.1) is 6.92 Å². The van der Waals surface area contributed by atoms with Crippen LogP contribution in [0.25, 0.3) is 0 Å². The first-order valence-corrected chi connectivity index (χ1v) is 4.86. The number of aromatic hydroxyl groups is 1. The van der Waals surface area contributed by atoms with Crippen LogP contribution in [0.5, 0.6) is 11.5 Å². The molecule has 0 aromatic heterocycles. The van der Waals surface area contributed by atoms with Crippen molar-refractivity contribution in [3.63, 3.8) is 0 Å². The van der Waals surface area contributed by atoms with Crippen LogP contribution in [0.4, 0.5) is 0 Å². The van der Waals surface area contributed by atoms with Gasteiger partial charge in [-0.25, -0.2) is 0 Å². The second-order valence-corrected chi connectivity index (χ2v) is 3.42. The van der Waals surface area contributed by atoms with Crippen molar-refractivity contribution in [2.45, 2.75) is 19.4 Å². The van der Waals surface area contributed by atoms with Gasteiger partial charge in [-0.2, -0.15) is 0 Å². The smallest absolute Gasteiger partial charge is 0.127 e. The van der Waals surface area contributed by atoms with Crippen LogP contribution in [0.3, 0.4) is 0 Å². The number of nitrogens with two attached hydrogens (primary N) is 1. The van der Waals surface area contributed by atoms with Crippen LogP contribution in [0.1, 0.15) is 23.7 Å². The van der Waals surface area contributed by atoms with Crippen LogP contribution >= 0.6 is 0 Å². The molecule has 4 nitrogen and oxygen atoms in total. The van der Waals surface area contributed by atoms with Crippen molar-refractivity contribution in [1.29, 1.82) is 0 Å². The van der Waals surface area contributed by atoms with Crippen molar-refractivity contribution < 1.29 is 14.9 Å². The number of ether oxygens (including phenoxy) is 1. The molecule has 1 unspecified atom stereocenters. The molecule has 0 spiro atoms. The number of hydrogen-bond acceptors (Lipinski definition) is 4. The van der Waals surface area contributed by atoms with Crippen molar-refractivity contribution in [3.05, 3.63) is 23.3 Å². The summed E-state index contributed by atoms with van der Waals surface area (Å²) in [5.41, 5.74) is 6.47. The third-order valence-corrected chi connectivity index (χ3v) is 2.43. The Hall–Kier alpha value is -1.26. The summed E-state index contributed by atoms with van der Waals surface area (Å²) >= 11 is 0. The summed E-state index contributed by atoms with van der Waals surface area (Å²) in [6.07, 6.45) is -0.293. The molecule has 4 N–H and O–H groups in total. The van der Waals surface area contributed by atoms with Gasteiger partial charge in [-0.05, 0) is 32.0 Å². The molecule has 0 fully saturated rings. The zero-order valence-corrected chi connectivity index (χ0v) is 9.03. The molecule has 84 valence electrons. The van der Waals surface area contributed by atoms with Gasteiger partial charge in [-0.15, -0.1) is 0 Å². The monoisotopic (exact) mass is 211 g/mol. The Bertz CT molecular complexity index is 339. The van der Waals surface area contributed by atoms with E-state index in [2.05, 4.69) is 0 Å². The van der Waals surface area contributed by atoms with E-state index < -0.39 is 6.10 Å². The molecule has 0 amide bonds. The Kier molecular flexibility index (Phi) is 3.94. The van der Waals surface area contributed by atoms with E-state index in [1.807, 2.05) is 0 Å². The van der Waals surface area contributed by atoms with Gasteiger partial charge in [0.25, 0.3) is 0 Å². The van der Waals surface area contributed by atoms with E-state index in [1.165, 1.54) is 7.11 Å². The minimum absolute atomic E-state index is 0.0790. The van der Waals surface area contributed by atoms with Crippen molar-refractivity contribution in [2.24, 2.45) is 5.73 Å². The quantitative estimate of drug-likeness (QED) is 0.697. The standard InChI is InChI=1S/C11H17NO3/c1-7-10(15-2)4-3-8(11(7)14)9(13)5-6-12/h3-4,9,13-14H,5-6,12H2,1-2H3. The zero-order chi connectivity index (χ0) is 11.4. The van der Waals surface area contributed by atoms with E-state index in [-0.39, 0.29) is 5.75 Å². The lowest BCUT2D eigenvalue weighted by Crippen LogP contribution is -2.07. The Labute approximate surface area is 89.3 Å². The predicted octanol–water partition coefficient (Wildman–Crippen LogP) is 1.09. The fraction of sp³-hybridized carbons (Fsp3) is 0.455. The Balaban J connectivity index is 3.06. The summed E-state index contributed by atoms with van der Waals surface area (Å²) in [5.74, 6) is 0.687. The van der Waals surface area contributed by atoms with Crippen molar-refractivity contribution in [1.82, 2.24) is 0 Å². The van der Waals surface area contributed by atoms with E-state index >= 15 is 0 Å². The predicted molar refractivity (Wildman–Crippen MR) is 58.0 cm³/mol. The minimum atomic E-state index is -0.723. The maximum Gasteiger partial charge on any atom is 0.127 e. The Morgan fingerprint density at radius 3 is 2.67 bits per heavy atom. The molecule has 1 rings (SSSR count). The molecule has 0 bridgehead atoms. The molecule has 0 aliphatic heterocycles. The largest absolute Gasteiger partial charge is 0.507 e. The summed E-state index contributed by atoms with van der Waals surface area (Å²) in [4.78, 5) is 0. The van der Waals surface area contributed by atoms with Crippen molar-refractivity contribution in [2.75, 3.05) is 13.7 Å². The first-order chi connectivity index (χ1) is 7.11. The minimum Gasteiger partial charge on any atom is -0.507 e. The van der Waals surface area contributed by atoms with E-state index in [0.717, 1.165) is 0 Å². The van der Waals surface area contributed by atoms with Gasteiger partial charge in [0.15, 0.2) is 0 Å². The van der Waals surface area contributed by atoms with Crippen LogP contribution in [-0.2, 0) is 0 Å². The Morgan fingerprint density at radius 2 is 2.13 bits per heavy atom. The van der Waals surface area contributed by atoms with Gasteiger partial charge in [0.05, 0.1) is 13.2 Å². The van der Waals surface area contributed by atoms with E-state index in [4.69, 9.17) is 10.5 Å². The number of rotatable bonds is 4. The second kappa shape index (κ2) is 5.00. The maximum atomic E-state index is 9.83. The number of benzene rings is 1. The second-order valence-electron chi connectivity index (χ2n) is 3.42. The SMILES string of the molecule is COc1ccc(C(O)CCN)c(O)c1C. The summed E-state index contributed by atoms with van der Waals surface area (Å²) < 4.78 is 5.05. The molecule has 0 saturated heterocycles. The van der Waals surface area contributed by atoms with E-state index in [1.54, 1.807) is 19.1 Å². The molecule has 4 heteroatoms. The normalized spacial score (nSPS) is 12.5. The molecule has 0 heterocycles. The summed E-state index contributed by atoms with van der Waals surface area (Å²) in [5, 5.41) is 19.5. The van der Waals surface area contributed by atoms with Crippen molar-refractivity contribution >= 4 is 0 Å². The zero-order valence-electron chi connectivity index (χ0n) is 9.03. The number of aliphatic hydroxyl groups excluding tert-OH is 1. The first kappa shape index (κ1) is 11.8. The lowest BCUT2D eigenvalue weighted by atomic mass is 10.0. The lowest BCUT2D eigenvalue weighted by molar-refractivity contribution is 0.166. The molecule has 0 aliphatic carbocycles. The molecule has 15 heavy (non-hydrogen) atoms. The lowest BCUT2D eigenvalue weighted by Gasteiger charge is -2.15. The van der Waals surface area contributed by atoms with Gasteiger partial charge in [-0.1, -0.05) is 0 Å². The third kappa shape index (κ3) is 2.40. The number of phenolic OH excluding ortho intramolecular Hbond substituents is 1. The highest BCUT2D eigenvalue weighted by Crippen LogP contribution is 2.34. The highest BCUT2D eigenvalue weighted by atomic mass is 16.5. The average molecular weight is 211 g/mol. The van der Waals surface area contributed by atoms with E-state index in [9.17, 15) is 10.2 Å². The summed E-state index contributed by atoms with van der Waals surface area (Å²) in [6.45, 7) is 2.12. The summed E-state index contributed by atoms with van der Waals surface area (Å²) in [6, 6.07) is 3.38. The highest BCUT2D eigenvalue weighted by molar-refractivity contribution is 5.49. The van der Waals surface area contributed by atoms with Crippen molar-refractivity contribution in [3.8, 4) is 11.5 Å². The van der Waals surface area contributed by atoms with Crippen LogP contribution in [0.15, 0.2) is 12.1 Å². The fourth-order valence-corrected chi connectivity index (χ4v) is 1.51. The fourth-order valence-electron chi connectivity index (χ4n) is 1.51. The first-order valence-electron chi connectivity index (χ1n) is 4.86. The molecule has 0 radical (unpaired) electrons. The van der Waals surface area contributed by atoms with Crippen LogP contribution in [-0.4, -0.2) is 23.9 Å². The van der Waals surface area contributed by atoms with Crippen LogP contribution in [0.2, 0.25) is 0 Å². The summed E-state index contributed by atoms with van der Waals surface area (Å²) in [7, 11) is 1.54. The van der Waals surface area contributed by atoms with Gasteiger partial charge < -0.3 is 20.7 Å². The number of methoxy groups -OCH3 is 1. The Morgan fingerprint density at radius 1 is 1.47 bits per heavy atom. The van der Waals surface area contributed by atoms with Gasteiger partial charge in [0.2, 0.25) is 0 Å². The third-order valence-electron chi connectivity index (χ3n) is 2.43. The topological polar surface area (TPSA) is 75.7 Å². The number of aliphatic hydroxyl groups is 1. The molecular weight excluding hydrogens is 194 g/mol. The van der Waals surface area contributed by atoms with Gasteiger partial charge >= 0.3 is 0 Å². The molecule has 1 aromatic rings. The molecule has 0 saturated carbocycles. The molecular formula is C11H17NO3. The maximum absolute atomic E-state index is 9.83. The van der Waals surface area contributed by atoms with E-state index in [0.29, 0.717) is 29.8 Å².